The largest absolute Gasteiger partial charge is 0.490 e. The summed E-state index contributed by atoms with van der Waals surface area (Å²) in [6.45, 7) is 4.86. The molecular weight excluding hydrogens is 424 g/mol. The number of carboxylic acids is 1. The maximum Gasteiger partial charge on any atom is 0.333 e. The lowest BCUT2D eigenvalue weighted by atomic mass is 9.99. The summed E-state index contributed by atoms with van der Waals surface area (Å²) in [5.74, 6) is -0.184. The van der Waals surface area contributed by atoms with Crippen LogP contribution in [0.3, 0.4) is 0 Å². The molecule has 0 aromatic heterocycles. The molecule has 1 N–H and O–H groups in total. The fourth-order valence-corrected chi connectivity index (χ4v) is 4.48. The minimum absolute atomic E-state index is 0.335. The maximum atomic E-state index is 11.3. The maximum absolute atomic E-state index is 11.3. The summed E-state index contributed by atoms with van der Waals surface area (Å²) in [4.78, 5) is 11.3. The third-order valence-corrected chi connectivity index (χ3v) is 6.23. The van der Waals surface area contributed by atoms with E-state index in [0.29, 0.717) is 19.6 Å². The first-order valence-electron chi connectivity index (χ1n) is 12.1. The monoisotopic (exact) mass is 456 g/mol. The van der Waals surface area contributed by atoms with Crippen molar-refractivity contribution < 1.29 is 19.4 Å². The van der Waals surface area contributed by atoms with Crippen molar-refractivity contribution in [2.75, 3.05) is 13.2 Å². The van der Waals surface area contributed by atoms with E-state index >= 15 is 0 Å². The fourth-order valence-electron chi connectivity index (χ4n) is 4.48. The summed E-state index contributed by atoms with van der Waals surface area (Å²) >= 11 is 0. The Morgan fingerprint density at radius 2 is 1.62 bits per heavy atom. The van der Waals surface area contributed by atoms with Crippen LogP contribution in [-0.4, -0.2) is 30.4 Å². The second-order valence-electron chi connectivity index (χ2n) is 8.59. The molecular formula is C30H32O4. The number of unbranched alkanes of at least 4 members (excludes halogenated alkanes) is 1. The highest BCUT2D eigenvalue weighted by Gasteiger charge is 2.23. The molecule has 1 unspecified atom stereocenters. The van der Waals surface area contributed by atoms with Gasteiger partial charge in [0.2, 0.25) is 0 Å². The Hall–Kier alpha value is -3.37. The highest BCUT2D eigenvalue weighted by Crippen LogP contribution is 2.44. The molecule has 0 fully saturated rings. The SMILES string of the molecule is CCCCc1ccc2c(c1)C(=CCOc1ccc(CC(OCC)C(=O)O)cc1)c1ccccc1-2. The lowest BCUT2D eigenvalue weighted by Gasteiger charge is -2.12. The van der Waals surface area contributed by atoms with Crippen LogP contribution in [0, 0.1) is 0 Å². The zero-order chi connectivity index (χ0) is 23.9. The van der Waals surface area contributed by atoms with Crippen molar-refractivity contribution in [3.05, 3.63) is 95.1 Å². The van der Waals surface area contributed by atoms with E-state index in [2.05, 4.69) is 55.5 Å². The molecule has 1 atom stereocenters. The van der Waals surface area contributed by atoms with E-state index < -0.39 is 12.1 Å². The molecule has 1 aliphatic rings. The molecule has 0 aliphatic heterocycles. The van der Waals surface area contributed by atoms with Gasteiger partial charge in [-0.1, -0.05) is 67.9 Å². The van der Waals surface area contributed by atoms with Crippen molar-refractivity contribution in [3.8, 4) is 16.9 Å². The lowest BCUT2D eigenvalue weighted by molar-refractivity contribution is -0.149. The molecule has 4 rings (SSSR count). The number of benzene rings is 3. The third-order valence-electron chi connectivity index (χ3n) is 6.23. The Labute approximate surface area is 201 Å². The zero-order valence-corrected chi connectivity index (χ0v) is 19.9. The van der Waals surface area contributed by atoms with E-state index in [1.807, 2.05) is 24.3 Å². The predicted molar refractivity (Wildman–Crippen MR) is 136 cm³/mol. The first-order valence-corrected chi connectivity index (χ1v) is 12.1. The van der Waals surface area contributed by atoms with Gasteiger partial charge in [-0.15, -0.1) is 0 Å². The Kier molecular flexibility index (Phi) is 7.81. The van der Waals surface area contributed by atoms with Crippen molar-refractivity contribution in [2.45, 2.75) is 45.6 Å². The Morgan fingerprint density at radius 1 is 0.912 bits per heavy atom. The van der Waals surface area contributed by atoms with Gasteiger partial charge in [-0.05, 0) is 76.9 Å². The number of hydrogen-bond donors (Lipinski definition) is 1. The van der Waals surface area contributed by atoms with E-state index in [1.54, 1.807) is 6.92 Å². The second kappa shape index (κ2) is 11.2. The third kappa shape index (κ3) is 5.40. The number of carbonyl (C=O) groups is 1. The van der Waals surface area contributed by atoms with Crippen LogP contribution in [0.1, 0.15) is 48.9 Å². The average Bonchev–Trinajstić information content (AvgIpc) is 3.16. The molecule has 0 saturated heterocycles. The van der Waals surface area contributed by atoms with Gasteiger partial charge in [-0.25, -0.2) is 4.79 Å². The molecule has 0 bridgehead atoms. The van der Waals surface area contributed by atoms with Crippen LogP contribution in [0.5, 0.6) is 5.75 Å². The van der Waals surface area contributed by atoms with Crippen LogP contribution < -0.4 is 4.74 Å². The topological polar surface area (TPSA) is 55.8 Å². The smallest absolute Gasteiger partial charge is 0.333 e. The Morgan fingerprint density at radius 3 is 2.32 bits per heavy atom. The normalized spacial score (nSPS) is 14.0. The summed E-state index contributed by atoms with van der Waals surface area (Å²) in [6, 6.07) is 23.0. The average molecular weight is 457 g/mol. The van der Waals surface area contributed by atoms with Crippen LogP contribution in [0.2, 0.25) is 0 Å². The van der Waals surface area contributed by atoms with E-state index in [1.165, 1.54) is 46.2 Å². The molecule has 0 saturated carbocycles. The highest BCUT2D eigenvalue weighted by atomic mass is 16.5. The lowest BCUT2D eigenvalue weighted by Crippen LogP contribution is -2.26. The molecule has 0 spiro atoms. The van der Waals surface area contributed by atoms with Gasteiger partial charge in [-0.2, -0.15) is 0 Å². The van der Waals surface area contributed by atoms with Gasteiger partial charge in [0.1, 0.15) is 12.4 Å². The summed E-state index contributed by atoms with van der Waals surface area (Å²) < 4.78 is 11.3. The minimum Gasteiger partial charge on any atom is -0.490 e. The van der Waals surface area contributed by atoms with Crippen LogP contribution in [-0.2, 0) is 22.4 Å². The molecule has 3 aromatic rings. The molecule has 1 aliphatic carbocycles. The van der Waals surface area contributed by atoms with E-state index in [4.69, 9.17) is 9.47 Å². The van der Waals surface area contributed by atoms with Crippen LogP contribution in [0.25, 0.3) is 16.7 Å². The minimum atomic E-state index is -0.941. The Balaban J connectivity index is 1.48. The van der Waals surface area contributed by atoms with Gasteiger partial charge in [-0.3, -0.25) is 0 Å². The van der Waals surface area contributed by atoms with Crippen molar-refractivity contribution in [1.29, 1.82) is 0 Å². The van der Waals surface area contributed by atoms with E-state index in [-0.39, 0.29) is 0 Å². The van der Waals surface area contributed by atoms with Gasteiger partial charge < -0.3 is 14.6 Å². The molecule has 3 aromatic carbocycles. The zero-order valence-electron chi connectivity index (χ0n) is 19.9. The molecule has 0 amide bonds. The van der Waals surface area contributed by atoms with Crippen molar-refractivity contribution >= 4 is 11.5 Å². The van der Waals surface area contributed by atoms with Crippen LogP contribution >= 0.6 is 0 Å². The van der Waals surface area contributed by atoms with Crippen LogP contribution in [0.15, 0.2) is 72.8 Å². The number of rotatable bonds is 11. The highest BCUT2D eigenvalue weighted by molar-refractivity contribution is 6.01. The fraction of sp³-hybridized carbons (Fsp3) is 0.300. The first-order chi connectivity index (χ1) is 16.6. The standard InChI is InChI=1S/C30H32O4/c1-3-5-8-21-13-16-26-24-9-6-7-10-25(24)27(28(26)19-21)17-18-34-23-14-11-22(12-15-23)20-29(30(31)32)33-4-2/h6-7,9-17,19,29H,3-5,8,18,20H2,1-2H3,(H,31,32). The molecule has 0 heterocycles. The van der Waals surface area contributed by atoms with Gasteiger partial charge in [0, 0.05) is 13.0 Å². The van der Waals surface area contributed by atoms with Gasteiger partial charge in [0.25, 0.3) is 0 Å². The van der Waals surface area contributed by atoms with Crippen molar-refractivity contribution in [2.24, 2.45) is 0 Å². The Bertz CT molecular complexity index is 1160. The summed E-state index contributed by atoms with van der Waals surface area (Å²) in [7, 11) is 0. The van der Waals surface area contributed by atoms with Gasteiger partial charge >= 0.3 is 5.97 Å². The number of hydrogen-bond acceptors (Lipinski definition) is 3. The summed E-state index contributed by atoms with van der Waals surface area (Å²) in [6.07, 6.45) is 5.16. The first kappa shape index (κ1) is 23.8. The molecule has 4 nitrogen and oxygen atoms in total. The molecule has 4 heteroatoms. The van der Waals surface area contributed by atoms with Gasteiger partial charge in [0.05, 0.1) is 0 Å². The van der Waals surface area contributed by atoms with Gasteiger partial charge in [0.15, 0.2) is 6.10 Å². The quantitative estimate of drug-likeness (QED) is 0.278. The number of carboxylic acid groups (broad SMARTS) is 1. The van der Waals surface area contributed by atoms with Crippen LogP contribution in [0.4, 0.5) is 0 Å². The number of ether oxygens (including phenoxy) is 2. The van der Waals surface area contributed by atoms with E-state index in [9.17, 15) is 9.90 Å². The number of aryl methyl sites for hydroxylation is 1. The molecule has 0 radical (unpaired) electrons. The number of fused-ring (bicyclic) bond motifs is 3. The molecule has 176 valence electrons. The predicted octanol–water partition coefficient (Wildman–Crippen LogP) is 6.55. The van der Waals surface area contributed by atoms with Crippen molar-refractivity contribution in [1.82, 2.24) is 0 Å². The second-order valence-corrected chi connectivity index (χ2v) is 8.59. The number of aliphatic carboxylic acids is 1. The summed E-state index contributed by atoms with van der Waals surface area (Å²) in [5, 5.41) is 9.28. The van der Waals surface area contributed by atoms with Crippen molar-refractivity contribution in [3.63, 3.8) is 0 Å². The van der Waals surface area contributed by atoms with E-state index in [0.717, 1.165) is 17.7 Å². The molecule has 34 heavy (non-hydrogen) atoms. The summed E-state index contributed by atoms with van der Waals surface area (Å²) in [5.41, 5.74) is 8.60.